The van der Waals surface area contributed by atoms with E-state index in [1.54, 1.807) is 13.2 Å². The van der Waals surface area contributed by atoms with E-state index in [9.17, 15) is 26.7 Å². The molecule has 1 N–H and O–H groups in total. The molecule has 32 heavy (non-hydrogen) atoms. The van der Waals surface area contributed by atoms with Crippen LogP contribution in [0.5, 0.6) is 0 Å². The molecule has 0 aliphatic heterocycles. The molecule has 0 fully saturated rings. The summed E-state index contributed by atoms with van der Waals surface area (Å²) in [6, 6.07) is 0. The number of ether oxygens (including phenoxy) is 1. The molecule has 180 valence electrons. The third kappa shape index (κ3) is 6.00. The van der Waals surface area contributed by atoms with Crippen molar-refractivity contribution >= 4 is 5.97 Å². The zero-order valence-corrected chi connectivity index (χ0v) is 18.2. The Kier molecular flexibility index (Phi) is 8.17. The smallest absolute Gasteiger partial charge is 0.412 e. The van der Waals surface area contributed by atoms with Gasteiger partial charge in [0.05, 0.1) is 6.10 Å². The molecule has 0 aromatic heterocycles. The monoisotopic (exact) mass is 462 g/mol. The van der Waals surface area contributed by atoms with Gasteiger partial charge in [0.25, 0.3) is 6.43 Å². The molecule has 0 radical (unpaired) electrons. The minimum Gasteiger partial charge on any atom is -0.481 e. The molecule has 0 bridgehead atoms. The van der Waals surface area contributed by atoms with E-state index in [4.69, 9.17) is 9.84 Å². The molecule has 6 atom stereocenters. The Labute approximate surface area is 185 Å². The molecule has 0 spiro atoms. The fourth-order valence-electron chi connectivity index (χ4n) is 5.73. The minimum atomic E-state index is -4.41. The Hall–Kier alpha value is -1.70. The van der Waals surface area contributed by atoms with Crippen molar-refractivity contribution in [2.75, 3.05) is 7.11 Å². The summed E-state index contributed by atoms with van der Waals surface area (Å²) in [5.41, 5.74) is -0.649. The molecule has 6 unspecified atom stereocenters. The van der Waals surface area contributed by atoms with E-state index in [-0.39, 0.29) is 42.3 Å². The third-order valence-electron chi connectivity index (χ3n) is 7.33. The minimum absolute atomic E-state index is 0.000702. The van der Waals surface area contributed by atoms with Gasteiger partial charge in [0.1, 0.15) is 0 Å². The van der Waals surface area contributed by atoms with Crippen molar-refractivity contribution in [1.82, 2.24) is 0 Å². The number of carboxylic acids is 1. The lowest BCUT2D eigenvalue weighted by Crippen LogP contribution is -2.34. The van der Waals surface area contributed by atoms with Crippen molar-refractivity contribution in [1.29, 1.82) is 0 Å². The molecule has 0 amide bonds. The van der Waals surface area contributed by atoms with Crippen molar-refractivity contribution in [3.63, 3.8) is 0 Å². The van der Waals surface area contributed by atoms with E-state index >= 15 is 0 Å². The molecular weight excluding hydrogens is 431 g/mol. The molecule has 0 saturated heterocycles. The van der Waals surface area contributed by atoms with Crippen LogP contribution in [0.1, 0.15) is 51.4 Å². The first-order chi connectivity index (χ1) is 15.1. The van der Waals surface area contributed by atoms with Crippen LogP contribution < -0.4 is 0 Å². The lowest BCUT2D eigenvalue weighted by molar-refractivity contribution is -0.137. The summed E-state index contributed by atoms with van der Waals surface area (Å²) in [4.78, 5) is 11.1. The summed E-state index contributed by atoms with van der Waals surface area (Å²) >= 11 is 0. The molecule has 0 saturated carbocycles. The van der Waals surface area contributed by atoms with Gasteiger partial charge in [-0.05, 0) is 80.1 Å². The molecule has 3 aliphatic rings. The first kappa shape index (κ1) is 24.9. The van der Waals surface area contributed by atoms with Crippen LogP contribution in [0.3, 0.4) is 0 Å². The zero-order valence-electron chi connectivity index (χ0n) is 18.2. The molecule has 3 aliphatic carbocycles. The second-order valence-corrected chi connectivity index (χ2v) is 9.23. The maximum absolute atomic E-state index is 14.0. The van der Waals surface area contributed by atoms with Crippen LogP contribution in [-0.2, 0) is 9.53 Å². The fourth-order valence-corrected chi connectivity index (χ4v) is 5.73. The lowest BCUT2D eigenvalue weighted by atomic mass is 9.65. The van der Waals surface area contributed by atoms with Gasteiger partial charge in [0.2, 0.25) is 0 Å². The molecule has 3 nitrogen and oxygen atoms in total. The number of methoxy groups -OCH3 is 1. The number of rotatable bonds is 7. The summed E-state index contributed by atoms with van der Waals surface area (Å²) in [6.07, 6.45) is 2.23. The van der Waals surface area contributed by atoms with Crippen molar-refractivity contribution in [3.8, 4) is 0 Å². The van der Waals surface area contributed by atoms with Crippen LogP contribution >= 0.6 is 0 Å². The standard InChI is InChI=1S/C24H31F5O3/c1-32-18-7-9-19(15(12-18)6-10-22(30)31)16-5-8-20(21(13-16)23(25)26)14-3-2-4-17(11-14)24(27,28)29/h7,9,11,13-16,18-20,23H,2-6,8,10,12H2,1H3,(H,30,31). The van der Waals surface area contributed by atoms with E-state index in [0.29, 0.717) is 38.5 Å². The highest BCUT2D eigenvalue weighted by molar-refractivity contribution is 5.66. The molecule has 0 aromatic rings. The van der Waals surface area contributed by atoms with Crippen molar-refractivity contribution in [3.05, 3.63) is 35.5 Å². The number of aliphatic carboxylic acids is 1. The van der Waals surface area contributed by atoms with Gasteiger partial charge < -0.3 is 9.84 Å². The van der Waals surface area contributed by atoms with Crippen molar-refractivity contribution < 1.29 is 36.6 Å². The highest BCUT2D eigenvalue weighted by atomic mass is 19.4. The number of hydrogen-bond acceptors (Lipinski definition) is 2. The maximum atomic E-state index is 14.0. The summed E-state index contributed by atoms with van der Waals surface area (Å²) in [6.45, 7) is 0. The first-order valence-corrected chi connectivity index (χ1v) is 11.3. The molecule has 0 aromatic carbocycles. The van der Waals surface area contributed by atoms with Gasteiger partial charge in [-0.2, -0.15) is 13.2 Å². The Morgan fingerprint density at radius 1 is 1.16 bits per heavy atom. The van der Waals surface area contributed by atoms with Crippen molar-refractivity contribution in [2.24, 2.45) is 29.6 Å². The molecule has 0 heterocycles. The molecular formula is C24H31F5O3. The first-order valence-electron chi connectivity index (χ1n) is 11.3. The second kappa shape index (κ2) is 10.5. The van der Waals surface area contributed by atoms with Gasteiger partial charge in [-0.15, -0.1) is 0 Å². The maximum Gasteiger partial charge on any atom is 0.412 e. The predicted molar refractivity (Wildman–Crippen MR) is 110 cm³/mol. The highest BCUT2D eigenvalue weighted by Crippen LogP contribution is 2.47. The normalized spacial score (nSPS) is 33.7. The second-order valence-electron chi connectivity index (χ2n) is 9.23. The summed E-state index contributed by atoms with van der Waals surface area (Å²) in [5, 5.41) is 9.09. The van der Waals surface area contributed by atoms with Gasteiger partial charge >= 0.3 is 12.1 Å². The molecule has 3 rings (SSSR count). The van der Waals surface area contributed by atoms with Crippen LogP contribution in [0.25, 0.3) is 0 Å². The van der Waals surface area contributed by atoms with Crippen molar-refractivity contribution in [2.45, 2.75) is 70.1 Å². The Morgan fingerprint density at radius 3 is 2.53 bits per heavy atom. The molecule has 8 heteroatoms. The third-order valence-corrected chi connectivity index (χ3v) is 7.33. The Balaban J connectivity index is 1.84. The van der Waals surface area contributed by atoms with Gasteiger partial charge in [0.15, 0.2) is 0 Å². The average molecular weight is 462 g/mol. The quantitative estimate of drug-likeness (QED) is 0.344. The van der Waals surface area contributed by atoms with Gasteiger partial charge in [-0.3, -0.25) is 4.79 Å². The zero-order chi connectivity index (χ0) is 23.5. The predicted octanol–water partition coefficient (Wildman–Crippen LogP) is 6.57. The number of allylic oxidation sites excluding steroid dienone is 5. The number of carbonyl (C=O) groups is 1. The van der Waals surface area contributed by atoms with Gasteiger partial charge in [0, 0.05) is 19.1 Å². The number of alkyl halides is 5. The summed E-state index contributed by atoms with van der Waals surface area (Å²) < 4.78 is 73.0. The summed E-state index contributed by atoms with van der Waals surface area (Å²) in [5.74, 6) is -2.28. The SMILES string of the molecule is COC1C=CC(C2C=C(C(F)F)C(C3C=C(C(F)(F)F)CCC3)CC2)C(CCC(=O)O)C1. The Morgan fingerprint density at radius 2 is 1.91 bits per heavy atom. The van der Waals surface area contributed by atoms with Gasteiger partial charge in [-0.1, -0.05) is 24.3 Å². The van der Waals surface area contributed by atoms with Crippen LogP contribution in [0, 0.1) is 29.6 Å². The van der Waals surface area contributed by atoms with Crippen LogP contribution in [0.15, 0.2) is 35.5 Å². The van der Waals surface area contributed by atoms with E-state index in [0.717, 1.165) is 0 Å². The average Bonchev–Trinajstić information content (AvgIpc) is 2.76. The van der Waals surface area contributed by atoms with E-state index < -0.39 is 36.0 Å². The number of carboxylic acid groups (broad SMARTS) is 1. The topological polar surface area (TPSA) is 46.5 Å². The Bertz CT molecular complexity index is 755. The lowest BCUT2D eigenvalue weighted by Gasteiger charge is -2.40. The van der Waals surface area contributed by atoms with E-state index in [1.807, 2.05) is 12.2 Å². The largest absolute Gasteiger partial charge is 0.481 e. The van der Waals surface area contributed by atoms with Crippen LogP contribution in [-0.4, -0.2) is 36.9 Å². The fraction of sp³-hybridized carbons (Fsp3) is 0.708. The number of halogens is 5. The van der Waals surface area contributed by atoms with Gasteiger partial charge in [-0.25, -0.2) is 8.78 Å². The summed E-state index contributed by atoms with van der Waals surface area (Å²) in [7, 11) is 1.58. The van der Waals surface area contributed by atoms with E-state index in [2.05, 4.69) is 0 Å². The van der Waals surface area contributed by atoms with Crippen LogP contribution in [0.4, 0.5) is 22.0 Å². The van der Waals surface area contributed by atoms with E-state index in [1.165, 1.54) is 6.08 Å². The van der Waals surface area contributed by atoms with Crippen LogP contribution in [0.2, 0.25) is 0 Å². The highest BCUT2D eigenvalue weighted by Gasteiger charge is 2.41. The number of hydrogen-bond donors (Lipinski definition) is 1.